The van der Waals surface area contributed by atoms with E-state index in [1.165, 1.54) is 19.2 Å². The Hall–Kier alpha value is -2.56. The third kappa shape index (κ3) is 4.71. The molecular formula is C18H20FNO3. The summed E-state index contributed by atoms with van der Waals surface area (Å²) >= 11 is 0. The highest BCUT2D eigenvalue weighted by Gasteiger charge is 2.13. The van der Waals surface area contributed by atoms with Crippen LogP contribution in [-0.4, -0.2) is 25.7 Å². The van der Waals surface area contributed by atoms with Gasteiger partial charge in [-0.1, -0.05) is 17.7 Å². The monoisotopic (exact) mass is 317 g/mol. The Morgan fingerprint density at radius 2 is 1.91 bits per heavy atom. The van der Waals surface area contributed by atoms with Crippen molar-refractivity contribution < 1.29 is 18.7 Å². The molecule has 0 heterocycles. The smallest absolute Gasteiger partial charge is 0.251 e. The van der Waals surface area contributed by atoms with Crippen molar-refractivity contribution in [1.82, 2.24) is 5.32 Å². The van der Waals surface area contributed by atoms with Gasteiger partial charge in [0.15, 0.2) is 11.6 Å². The molecule has 0 unspecified atom stereocenters. The van der Waals surface area contributed by atoms with Gasteiger partial charge in [-0.2, -0.15) is 0 Å². The molecule has 0 spiro atoms. The first-order valence-electron chi connectivity index (χ1n) is 7.33. The molecule has 1 atom stereocenters. The molecule has 0 aromatic heterocycles. The largest absolute Gasteiger partial charge is 0.494 e. The van der Waals surface area contributed by atoms with Gasteiger partial charge in [0.1, 0.15) is 12.4 Å². The molecule has 2 rings (SSSR count). The average molecular weight is 317 g/mol. The number of carbonyl (C=O) groups excluding carboxylic acids is 1. The fourth-order valence-corrected chi connectivity index (χ4v) is 2.01. The Balaban J connectivity index is 1.89. The fourth-order valence-electron chi connectivity index (χ4n) is 2.01. The Kier molecular flexibility index (Phi) is 5.57. The molecule has 0 aliphatic rings. The Labute approximate surface area is 135 Å². The van der Waals surface area contributed by atoms with Crippen molar-refractivity contribution in [2.24, 2.45) is 0 Å². The molecular weight excluding hydrogens is 297 g/mol. The first kappa shape index (κ1) is 16.8. The van der Waals surface area contributed by atoms with Crippen LogP contribution in [0.4, 0.5) is 4.39 Å². The molecule has 2 aromatic carbocycles. The number of benzene rings is 2. The van der Waals surface area contributed by atoms with E-state index in [2.05, 4.69) is 5.32 Å². The number of aryl methyl sites for hydroxylation is 1. The van der Waals surface area contributed by atoms with Gasteiger partial charge in [0.25, 0.3) is 5.91 Å². The van der Waals surface area contributed by atoms with Gasteiger partial charge in [0, 0.05) is 5.56 Å². The summed E-state index contributed by atoms with van der Waals surface area (Å²) in [5.74, 6) is -0.0697. The summed E-state index contributed by atoms with van der Waals surface area (Å²) in [5.41, 5.74) is 1.39. The van der Waals surface area contributed by atoms with Crippen LogP contribution in [0.2, 0.25) is 0 Å². The highest BCUT2D eigenvalue weighted by atomic mass is 19.1. The summed E-state index contributed by atoms with van der Waals surface area (Å²) < 4.78 is 24.1. The number of rotatable bonds is 6. The highest BCUT2D eigenvalue weighted by molar-refractivity contribution is 5.94. The normalized spacial score (nSPS) is 11.7. The van der Waals surface area contributed by atoms with Crippen LogP contribution < -0.4 is 14.8 Å². The molecule has 0 aliphatic heterocycles. The van der Waals surface area contributed by atoms with Gasteiger partial charge in [-0.25, -0.2) is 4.39 Å². The lowest BCUT2D eigenvalue weighted by Gasteiger charge is -2.15. The Bertz CT molecular complexity index is 670. The second kappa shape index (κ2) is 7.63. The van der Waals surface area contributed by atoms with Crippen LogP contribution in [0, 0.1) is 12.7 Å². The number of hydrogen-bond donors (Lipinski definition) is 1. The van der Waals surface area contributed by atoms with Gasteiger partial charge in [-0.05, 0) is 44.2 Å². The number of hydrogen-bond acceptors (Lipinski definition) is 3. The molecule has 0 radical (unpaired) electrons. The lowest BCUT2D eigenvalue weighted by molar-refractivity contribution is 0.0926. The van der Waals surface area contributed by atoms with E-state index in [-0.39, 0.29) is 23.3 Å². The van der Waals surface area contributed by atoms with Crippen molar-refractivity contribution in [3.05, 3.63) is 59.4 Å². The molecule has 0 saturated carbocycles. The molecule has 1 N–H and O–H groups in total. The molecule has 5 heteroatoms. The third-order valence-corrected chi connectivity index (χ3v) is 3.31. The number of halogens is 1. The zero-order valence-corrected chi connectivity index (χ0v) is 13.4. The average Bonchev–Trinajstić information content (AvgIpc) is 2.54. The van der Waals surface area contributed by atoms with E-state index >= 15 is 0 Å². The molecule has 0 aliphatic carbocycles. The molecule has 0 fully saturated rings. The summed E-state index contributed by atoms with van der Waals surface area (Å²) in [6.45, 7) is 4.15. The number of methoxy groups -OCH3 is 1. The van der Waals surface area contributed by atoms with Gasteiger partial charge in [-0.15, -0.1) is 0 Å². The van der Waals surface area contributed by atoms with Crippen LogP contribution in [0.25, 0.3) is 0 Å². The SMILES string of the molecule is COc1ccc(C(=O)N[C@@H](C)COc2ccc(C)cc2)cc1F. The summed E-state index contributed by atoms with van der Waals surface area (Å²) in [6.07, 6.45) is 0. The molecule has 0 bridgehead atoms. The van der Waals surface area contributed by atoms with Crippen LogP contribution in [-0.2, 0) is 0 Å². The van der Waals surface area contributed by atoms with Crippen LogP contribution in [0.5, 0.6) is 11.5 Å². The quantitative estimate of drug-likeness (QED) is 0.889. The van der Waals surface area contributed by atoms with Crippen molar-refractivity contribution in [3.63, 3.8) is 0 Å². The maximum Gasteiger partial charge on any atom is 0.251 e. The first-order valence-corrected chi connectivity index (χ1v) is 7.33. The van der Waals surface area contributed by atoms with E-state index in [4.69, 9.17) is 9.47 Å². The minimum absolute atomic E-state index is 0.109. The second-order valence-electron chi connectivity index (χ2n) is 5.35. The van der Waals surface area contributed by atoms with Crippen LogP contribution in [0.15, 0.2) is 42.5 Å². The molecule has 122 valence electrons. The van der Waals surface area contributed by atoms with E-state index < -0.39 is 5.82 Å². The Morgan fingerprint density at radius 1 is 1.22 bits per heavy atom. The van der Waals surface area contributed by atoms with E-state index in [9.17, 15) is 9.18 Å². The third-order valence-electron chi connectivity index (χ3n) is 3.31. The molecule has 1 amide bonds. The lowest BCUT2D eigenvalue weighted by atomic mass is 10.2. The summed E-state index contributed by atoms with van der Waals surface area (Å²) in [4.78, 5) is 12.1. The lowest BCUT2D eigenvalue weighted by Crippen LogP contribution is -2.36. The number of nitrogens with one attached hydrogen (secondary N) is 1. The topological polar surface area (TPSA) is 47.6 Å². The summed E-state index contributed by atoms with van der Waals surface area (Å²) in [7, 11) is 1.38. The molecule has 2 aromatic rings. The molecule has 4 nitrogen and oxygen atoms in total. The van der Waals surface area contributed by atoms with Crippen molar-refractivity contribution in [2.45, 2.75) is 19.9 Å². The van der Waals surface area contributed by atoms with Crippen LogP contribution in [0.3, 0.4) is 0 Å². The summed E-state index contributed by atoms with van der Waals surface area (Å²) in [5, 5.41) is 2.77. The predicted molar refractivity (Wildman–Crippen MR) is 86.6 cm³/mol. The first-order chi connectivity index (χ1) is 11.0. The van der Waals surface area contributed by atoms with E-state index in [1.54, 1.807) is 0 Å². The number of ether oxygens (including phenoxy) is 2. The maximum absolute atomic E-state index is 13.6. The highest BCUT2D eigenvalue weighted by Crippen LogP contribution is 2.17. The van der Waals surface area contributed by atoms with Gasteiger partial charge >= 0.3 is 0 Å². The van der Waals surface area contributed by atoms with Crippen molar-refractivity contribution in [3.8, 4) is 11.5 Å². The summed E-state index contributed by atoms with van der Waals surface area (Å²) in [6, 6.07) is 11.6. The van der Waals surface area contributed by atoms with E-state index in [0.717, 1.165) is 17.4 Å². The molecule has 23 heavy (non-hydrogen) atoms. The van der Waals surface area contributed by atoms with E-state index in [1.807, 2.05) is 38.1 Å². The Morgan fingerprint density at radius 3 is 2.52 bits per heavy atom. The van der Waals surface area contributed by atoms with Gasteiger partial charge < -0.3 is 14.8 Å². The number of carbonyl (C=O) groups is 1. The second-order valence-corrected chi connectivity index (χ2v) is 5.35. The van der Waals surface area contributed by atoms with Crippen molar-refractivity contribution in [2.75, 3.05) is 13.7 Å². The van der Waals surface area contributed by atoms with E-state index in [0.29, 0.717) is 6.61 Å². The zero-order chi connectivity index (χ0) is 16.8. The van der Waals surface area contributed by atoms with Gasteiger partial charge in [-0.3, -0.25) is 4.79 Å². The van der Waals surface area contributed by atoms with Crippen molar-refractivity contribution in [1.29, 1.82) is 0 Å². The molecule has 0 saturated heterocycles. The fraction of sp³-hybridized carbons (Fsp3) is 0.278. The van der Waals surface area contributed by atoms with Gasteiger partial charge in [0.2, 0.25) is 0 Å². The van der Waals surface area contributed by atoms with Crippen molar-refractivity contribution >= 4 is 5.91 Å². The van der Waals surface area contributed by atoms with Crippen LogP contribution in [0.1, 0.15) is 22.8 Å². The van der Waals surface area contributed by atoms with Crippen LogP contribution >= 0.6 is 0 Å². The minimum Gasteiger partial charge on any atom is -0.494 e. The van der Waals surface area contributed by atoms with Gasteiger partial charge in [0.05, 0.1) is 13.2 Å². The maximum atomic E-state index is 13.6. The standard InChI is InChI=1S/C18H20FNO3/c1-12-4-7-15(8-5-12)23-11-13(2)20-18(21)14-6-9-17(22-3)16(19)10-14/h4-10,13H,11H2,1-3H3,(H,20,21)/t13-/m0/s1. The zero-order valence-electron chi connectivity index (χ0n) is 13.4. The number of amides is 1. The minimum atomic E-state index is -0.566. The predicted octanol–water partition coefficient (Wildman–Crippen LogP) is 3.34.